The van der Waals surface area contributed by atoms with E-state index in [2.05, 4.69) is 11.0 Å². The first-order valence-electron chi connectivity index (χ1n) is 5.56. The van der Waals surface area contributed by atoms with Crippen molar-refractivity contribution < 1.29 is 9.47 Å². The van der Waals surface area contributed by atoms with Crippen LogP contribution in [0.1, 0.15) is 5.56 Å². The normalized spacial score (nSPS) is 9.94. The molecule has 4 heteroatoms. The third-order valence-corrected chi connectivity index (χ3v) is 2.44. The molecule has 1 rings (SSSR count). The standard InChI is InChI=1S/C13H18N2O2/c1-15(7-8-17-10-9-16-2)13-5-3-12(11-14)4-6-13/h3-6H,7-10H2,1-2H3. The predicted molar refractivity (Wildman–Crippen MR) is 67.1 cm³/mol. The Hall–Kier alpha value is -1.57. The molecular weight excluding hydrogens is 216 g/mol. The smallest absolute Gasteiger partial charge is 0.0991 e. The van der Waals surface area contributed by atoms with Gasteiger partial charge in [-0.05, 0) is 24.3 Å². The highest BCUT2D eigenvalue weighted by atomic mass is 16.5. The highest BCUT2D eigenvalue weighted by molar-refractivity contribution is 5.48. The van der Waals surface area contributed by atoms with Crippen LogP contribution < -0.4 is 4.90 Å². The van der Waals surface area contributed by atoms with E-state index in [0.29, 0.717) is 25.4 Å². The van der Waals surface area contributed by atoms with Gasteiger partial charge in [0.15, 0.2) is 0 Å². The molecule has 0 aliphatic carbocycles. The molecule has 0 radical (unpaired) electrons. The van der Waals surface area contributed by atoms with Crippen LogP contribution in [0.3, 0.4) is 0 Å². The first-order valence-corrected chi connectivity index (χ1v) is 5.56. The van der Waals surface area contributed by atoms with E-state index in [1.54, 1.807) is 7.11 Å². The largest absolute Gasteiger partial charge is 0.382 e. The molecule has 0 bridgehead atoms. The van der Waals surface area contributed by atoms with Crippen molar-refractivity contribution in [3.05, 3.63) is 29.8 Å². The summed E-state index contributed by atoms with van der Waals surface area (Å²) in [5.74, 6) is 0. The van der Waals surface area contributed by atoms with Crippen LogP contribution >= 0.6 is 0 Å². The third-order valence-electron chi connectivity index (χ3n) is 2.44. The molecule has 1 aromatic rings. The van der Waals surface area contributed by atoms with E-state index in [0.717, 1.165) is 12.2 Å². The van der Waals surface area contributed by atoms with Gasteiger partial charge in [0.05, 0.1) is 31.5 Å². The van der Waals surface area contributed by atoms with Gasteiger partial charge in [0, 0.05) is 26.4 Å². The molecule has 0 unspecified atom stereocenters. The first kappa shape index (κ1) is 13.5. The van der Waals surface area contributed by atoms with Gasteiger partial charge in [-0.3, -0.25) is 0 Å². The minimum Gasteiger partial charge on any atom is -0.382 e. The number of hydrogen-bond acceptors (Lipinski definition) is 4. The Morgan fingerprint density at radius 2 is 1.88 bits per heavy atom. The van der Waals surface area contributed by atoms with Crippen LogP contribution in [0.4, 0.5) is 5.69 Å². The van der Waals surface area contributed by atoms with Gasteiger partial charge in [-0.1, -0.05) is 0 Å². The summed E-state index contributed by atoms with van der Waals surface area (Å²) >= 11 is 0. The number of benzene rings is 1. The lowest BCUT2D eigenvalue weighted by atomic mass is 10.2. The Labute approximate surface area is 102 Å². The number of likely N-dealkylation sites (N-methyl/N-ethyl adjacent to an activating group) is 1. The second-order valence-electron chi connectivity index (χ2n) is 3.69. The summed E-state index contributed by atoms with van der Waals surface area (Å²) in [6.45, 7) is 2.73. The minimum absolute atomic E-state index is 0.623. The number of hydrogen-bond donors (Lipinski definition) is 0. The second-order valence-corrected chi connectivity index (χ2v) is 3.69. The molecule has 0 aromatic heterocycles. The summed E-state index contributed by atoms with van der Waals surface area (Å²) in [6.07, 6.45) is 0. The van der Waals surface area contributed by atoms with Crippen LogP contribution in [0.5, 0.6) is 0 Å². The van der Waals surface area contributed by atoms with Crippen LogP contribution in [0, 0.1) is 11.3 Å². The van der Waals surface area contributed by atoms with E-state index in [9.17, 15) is 0 Å². The lowest BCUT2D eigenvalue weighted by Crippen LogP contribution is -2.23. The molecule has 1 aromatic carbocycles. The fourth-order valence-electron chi connectivity index (χ4n) is 1.37. The van der Waals surface area contributed by atoms with Gasteiger partial charge < -0.3 is 14.4 Å². The monoisotopic (exact) mass is 234 g/mol. The topological polar surface area (TPSA) is 45.5 Å². The van der Waals surface area contributed by atoms with Crippen LogP contribution in [-0.4, -0.2) is 40.5 Å². The average Bonchev–Trinajstić information content (AvgIpc) is 2.38. The maximum absolute atomic E-state index is 8.70. The van der Waals surface area contributed by atoms with E-state index in [1.165, 1.54) is 0 Å². The number of nitriles is 1. The second kappa shape index (κ2) is 7.66. The van der Waals surface area contributed by atoms with Crippen LogP contribution in [0.15, 0.2) is 24.3 Å². The lowest BCUT2D eigenvalue weighted by molar-refractivity contribution is 0.0744. The van der Waals surface area contributed by atoms with Gasteiger partial charge in [0.2, 0.25) is 0 Å². The highest BCUT2D eigenvalue weighted by Crippen LogP contribution is 2.12. The summed E-state index contributed by atoms with van der Waals surface area (Å²) in [5.41, 5.74) is 1.76. The summed E-state index contributed by atoms with van der Waals surface area (Å²) in [6, 6.07) is 9.61. The molecule has 0 aliphatic heterocycles. The zero-order chi connectivity index (χ0) is 12.5. The van der Waals surface area contributed by atoms with Crippen molar-refractivity contribution in [2.24, 2.45) is 0 Å². The Morgan fingerprint density at radius 3 is 2.47 bits per heavy atom. The fourth-order valence-corrected chi connectivity index (χ4v) is 1.37. The maximum Gasteiger partial charge on any atom is 0.0991 e. The van der Waals surface area contributed by atoms with Crippen LogP contribution in [0.25, 0.3) is 0 Å². The van der Waals surface area contributed by atoms with Crippen molar-refractivity contribution in [2.45, 2.75) is 0 Å². The van der Waals surface area contributed by atoms with Gasteiger partial charge in [0.1, 0.15) is 0 Å². The molecule has 0 fully saturated rings. The van der Waals surface area contributed by atoms with E-state index in [1.807, 2.05) is 31.3 Å². The molecule has 0 spiro atoms. The summed E-state index contributed by atoms with van der Waals surface area (Å²) < 4.78 is 10.3. The zero-order valence-corrected chi connectivity index (χ0v) is 10.3. The molecule has 0 atom stereocenters. The predicted octanol–water partition coefficient (Wildman–Crippen LogP) is 1.66. The molecule has 0 N–H and O–H groups in total. The Morgan fingerprint density at radius 1 is 1.18 bits per heavy atom. The molecule has 17 heavy (non-hydrogen) atoms. The highest BCUT2D eigenvalue weighted by Gasteiger charge is 2.00. The molecule has 4 nitrogen and oxygen atoms in total. The van der Waals surface area contributed by atoms with Crippen LogP contribution in [0.2, 0.25) is 0 Å². The van der Waals surface area contributed by atoms with Gasteiger partial charge in [-0.25, -0.2) is 0 Å². The quantitative estimate of drug-likeness (QED) is 0.673. The molecule has 0 saturated heterocycles. The van der Waals surface area contributed by atoms with Crippen molar-refractivity contribution in [3.63, 3.8) is 0 Å². The Bertz CT molecular complexity index is 357. The molecule has 0 amide bonds. The van der Waals surface area contributed by atoms with Crippen molar-refractivity contribution in [1.29, 1.82) is 5.26 Å². The Kier molecular flexibility index (Phi) is 6.08. The van der Waals surface area contributed by atoms with E-state index < -0.39 is 0 Å². The number of nitrogens with zero attached hydrogens (tertiary/aromatic N) is 2. The van der Waals surface area contributed by atoms with E-state index in [4.69, 9.17) is 14.7 Å². The molecule has 0 heterocycles. The van der Waals surface area contributed by atoms with Crippen LogP contribution in [-0.2, 0) is 9.47 Å². The molecule has 92 valence electrons. The van der Waals surface area contributed by atoms with Gasteiger partial charge in [0.25, 0.3) is 0 Å². The molecular formula is C13H18N2O2. The van der Waals surface area contributed by atoms with Gasteiger partial charge in [-0.2, -0.15) is 5.26 Å². The first-order chi connectivity index (χ1) is 8.27. The maximum atomic E-state index is 8.70. The van der Waals surface area contributed by atoms with Gasteiger partial charge >= 0.3 is 0 Å². The SMILES string of the molecule is COCCOCCN(C)c1ccc(C#N)cc1. The van der Waals surface area contributed by atoms with Crippen molar-refractivity contribution in [3.8, 4) is 6.07 Å². The average molecular weight is 234 g/mol. The zero-order valence-electron chi connectivity index (χ0n) is 10.3. The van der Waals surface area contributed by atoms with E-state index >= 15 is 0 Å². The molecule has 0 saturated carbocycles. The summed E-state index contributed by atoms with van der Waals surface area (Å²) in [4.78, 5) is 2.09. The van der Waals surface area contributed by atoms with Crippen molar-refractivity contribution >= 4 is 5.69 Å². The molecule has 0 aliphatic rings. The number of anilines is 1. The fraction of sp³-hybridized carbons (Fsp3) is 0.462. The number of rotatable bonds is 7. The lowest BCUT2D eigenvalue weighted by Gasteiger charge is -2.19. The van der Waals surface area contributed by atoms with Gasteiger partial charge in [-0.15, -0.1) is 0 Å². The van der Waals surface area contributed by atoms with Crippen molar-refractivity contribution in [2.75, 3.05) is 45.4 Å². The number of ether oxygens (including phenoxy) is 2. The number of methoxy groups -OCH3 is 1. The van der Waals surface area contributed by atoms with Crippen molar-refractivity contribution in [1.82, 2.24) is 0 Å². The minimum atomic E-state index is 0.623. The Balaban J connectivity index is 2.31. The third kappa shape index (κ3) is 4.85. The summed E-state index contributed by atoms with van der Waals surface area (Å²) in [7, 11) is 3.66. The van der Waals surface area contributed by atoms with E-state index in [-0.39, 0.29) is 0 Å². The summed E-state index contributed by atoms with van der Waals surface area (Å²) in [5, 5.41) is 8.70.